The minimum Gasteiger partial charge on any atom is -0.458 e. The van der Waals surface area contributed by atoms with Gasteiger partial charge in [-0.2, -0.15) is 0 Å². The summed E-state index contributed by atoms with van der Waals surface area (Å²) in [7, 11) is 0. The van der Waals surface area contributed by atoms with E-state index < -0.39 is 0 Å². The predicted octanol–water partition coefficient (Wildman–Crippen LogP) is 9.55. The molecule has 0 fully saturated rings. The third-order valence-corrected chi connectivity index (χ3v) is 11.0. The zero-order valence-electron chi connectivity index (χ0n) is 25.1. The first-order valence-corrected chi connectivity index (χ1v) is 16.8. The highest BCUT2D eigenvalue weighted by molar-refractivity contribution is 7.26. The third-order valence-electron chi connectivity index (χ3n) is 9.89. The first-order valence-electron chi connectivity index (χ1n) is 16.0. The van der Waals surface area contributed by atoms with Crippen LogP contribution in [0.3, 0.4) is 0 Å². The van der Waals surface area contributed by atoms with E-state index in [-0.39, 0.29) is 6.71 Å². The lowest BCUT2D eigenvalue weighted by atomic mass is 9.35. The maximum atomic E-state index is 6.78. The SMILES string of the molecule is c1ccc(-n2c3ccccc3c3cc4sc5ccccc5c4c(-c4cc5c6c(c4)Oc4ccccc4B6c4ccccc4O5)c32)cc1. The average Bonchev–Trinajstić information content (AvgIpc) is 3.66. The molecule has 0 amide bonds. The molecular weight excluding hydrogens is 593 g/mol. The molecule has 2 aromatic heterocycles. The number of para-hydroxylation sites is 4. The van der Waals surface area contributed by atoms with E-state index in [0.717, 1.165) is 39.7 Å². The summed E-state index contributed by atoms with van der Waals surface area (Å²) in [6.07, 6.45) is 0. The molecular formula is C42H24BNO2S. The van der Waals surface area contributed by atoms with Crippen molar-refractivity contribution in [3.05, 3.63) is 146 Å². The summed E-state index contributed by atoms with van der Waals surface area (Å²) >= 11 is 1.86. The molecule has 0 unspecified atom stereocenters. The van der Waals surface area contributed by atoms with Crippen molar-refractivity contribution in [2.75, 3.05) is 0 Å². The van der Waals surface area contributed by atoms with Gasteiger partial charge in [-0.15, -0.1) is 11.3 Å². The molecule has 0 radical (unpaired) electrons. The highest BCUT2D eigenvalue weighted by Gasteiger charge is 2.40. The number of hydrogen-bond donors (Lipinski definition) is 0. The van der Waals surface area contributed by atoms with Crippen molar-refractivity contribution in [3.63, 3.8) is 0 Å². The van der Waals surface area contributed by atoms with Gasteiger partial charge in [-0.3, -0.25) is 0 Å². The normalized spacial score (nSPS) is 13.0. The van der Waals surface area contributed by atoms with E-state index in [1.165, 1.54) is 58.5 Å². The van der Waals surface area contributed by atoms with Crippen LogP contribution < -0.4 is 25.9 Å². The molecule has 218 valence electrons. The summed E-state index contributed by atoms with van der Waals surface area (Å²) in [4.78, 5) is 0. The van der Waals surface area contributed by atoms with Gasteiger partial charge in [0.2, 0.25) is 0 Å². The zero-order valence-corrected chi connectivity index (χ0v) is 25.9. The van der Waals surface area contributed by atoms with Crippen LogP contribution >= 0.6 is 11.3 Å². The van der Waals surface area contributed by atoms with Crippen LogP contribution in [0.1, 0.15) is 0 Å². The van der Waals surface area contributed by atoms with Crippen LogP contribution in [0.25, 0.3) is 58.8 Å². The quantitative estimate of drug-likeness (QED) is 0.181. The van der Waals surface area contributed by atoms with Gasteiger partial charge in [0, 0.05) is 47.7 Å². The Morgan fingerprint density at radius 3 is 1.87 bits per heavy atom. The smallest absolute Gasteiger partial charge is 0.260 e. The molecule has 4 heterocycles. The molecule has 0 bridgehead atoms. The zero-order chi connectivity index (χ0) is 30.6. The molecule has 0 aliphatic carbocycles. The van der Waals surface area contributed by atoms with E-state index >= 15 is 0 Å². The van der Waals surface area contributed by atoms with Crippen molar-refractivity contribution in [1.82, 2.24) is 4.57 Å². The first-order chi connectivity index (χ1) is 23.3. The number of hydrogen-bond acceptors (Lipinski definition) is 3. The topological polar surface area (TPSA) is 23.4 Å². The monoisotopic (exact) mass is 617 g/mol. The Morgan fingerprint density at radius 1 is 0.511 bits per heavy atom. The molecule has 9 aromatic rings. The van der Waals surface area contributed by atoms with Gasteiger partial charge < -0.3 is 14.0 Å². The number of benzene rings is 7. The summed E-state index contributed by atoms with van der Waals surface area (Å²) in [5.74, 6) is 3.49. The first kappa shape index (κ1) is 25.4. The molecule has 0 atom stereocenters. The fraction of sp³-hybridized carbons (Fsp3) is 0. The molecule has 0 saturated heterocycles. The lowest BCUT2D eigenvalue weighted by molar-refractivity contribution is 0.465. The van der Waals surface area contributed by atoms with Crippen molar-refractivity contribution in [3.8, 4) is 39.8 Å². The van der Waals surface area contributed by atoms with Crippen LogP contribution in [0.5, 0.6) is 23.0 Å². The molecule has 2 aliphatic heterocycles. The Hall–Kier alpha value is -5.78. The average molecular weight is 618 g/mol. The molecule has 7 aromatic carbocycles. The minimum absolute atomic E-state index is 0.0394. The molecule has 47 heavy (non-hydrogen) atoms. The molecule has 0 saturated carbocycles. The molecule has 0 spiro atoms. The van der Waals surface area contributed by atoms with E-state index in [0.29, 0.717) is 0 Å². The summed E-state index contributed by atoms with van der Waals surface area (Å²) in [6.45, 7) is 0.0394. The molecule has 3 nitrogen and oxygen atoms in total. The van der Waals surface area contributed by atoms with Gasteiger partial charge in [0.1, 0.15) is 23.0 Å². The minimum atomic E-state index is 0.0394. The molecule has 0 N–H and O–H groups in total. The van der Waals surface area contributed by atoms with Gasteiger partial charge in [0.15, 0.2) is 0 Å². The lowest BCUT2D eigenvalue weighted by Crippen LogP contribution is -2.57. The number of ether oxygens (including phenoxy) is 2. The van der Waals surface area contributed by atoms with Gasteiger partial charge in [0.05, 0.1) is 11.0 Å². The number of fused-ring (bicyclic) bond motifs is 10. The molecule has 2 aliphatic rings. The van der Waals surface area contributed by atoms with Crippen LogP contribution in [0.15, 0.2) is 146 Å². The van der Waals surface area contributed by atoms with Crippen molar-refractivity contribution in [2.24, 2.45) is 0 Å². The number of nitrogens with zero attached hydrogens (tertiary/aromatic N) is 1. The number of rotatable bonds is 2. The molecule has 11 rings (SSSR count). The maximum absolute atomic E-state index is 6.78. The third kappa shape index (κ3) is 3.47. The summed E-state index contributed by atoms with van der Waals surface area (Å²) in [5, 5.41) is 4.99. The van der Waals surface area contributed by atoms with Crippen molar-refractivity contribution in [1.29, 1.82) is 0 Å². The lowest BCUT2D eigenvalue weighted by Gasteiger charge is -2.33. The predicted molar refractivity (Wildman–Crippen MR) is 197 cm³/mol. The van der Waals surface area contributed by atoms with E-state index in [2.05, 4.69) is 150 Å². The number of thiophene rings is 1. The van der Waals surface area contributed by atoms with E-state index in [4.69, 9.17) is 9.47 Å². The van der Waals surface area contributed by atoms with E-state index in [1.54, 1.807) is 0 Å². The van der Waals surface area contributed by atoms with E-state index in [9.17, 15) is 0 Å². The fourth-order valence-electron chi connectivity index (χ4n) is 8.00. The van der Waals surface area contributed by atoms with E-state index in [1.807, 2.05) is 11.3 Å². The van der Waals surface area contributed by atoms with Gasteiger partial charge in [-0.1, -0.05) is 91.0 Å². The highest BCUT2D eigenvalue weighted by atomic mass is 32.1. The van der Waals surface area contributed by atoms with Crippen molar-refractivity contribution in [2.45, 2.75) is 0 Å². The Balaban J connectivity index is 1.31. The summed E-state index contributed by atoms with van der Waals surface area (Å²) in [5.41, 5.74) is 9.20. The van der Waals surface area contributed by atoms with Gasteiger partial charge in [-0.05, 0) is 71.1 Å². The standard InChI is InChI=1S/C42H24BNO2S/c1-2-12-26(13-3-1)44-32-18-8-4-14-27(32)29-24-38-40(28-15-5-11-21-37(28)47-38)39(42(29)44)25-22-35-41-36(23-25)46-34-20-10-7-17-31(34)43(41)30-16-6-9-19-33(30)45-35/h1-24H. The van der Waals surface area contributed by atoms with Crippen molar-refractivity contribution < 1.29 is 9.47 Å². The Bertz CT molecular complexity index is 2690. The van der Waals surface area contributed by atoms with Crippen LogP contribution in [0.4, 0.5) is 0 Å². The summed E-state index contributed by atoms with van der Waals surface area (Å²) in [6, 6.07) is 52.0. The summed E-state index contributed by atoms with van der Waals surface area (Å²) < 4.78 is 18.6. The van der Waals surface area contributed by atoms with Gasteiger partial charge >= 0.3 is 0 Å². The fourth-order valence-corrected chi connectivity index (χ4v) is 9.15. The van der Waals surface area contributed by atoms with Crippen molar-refractivity contribution >= 4 is 76.4 Å². The van der Waals surface area contributed by atoms with Crippen LogP contribution in [0, 0.1) is 0 Å². The highest BCUT2D eigenvalue weighted by Crippen LogP contribution is 2.49. The van der Waals surface area contributed by atoms with Gasteiger partial charge in [0.25, 0.3) is 6.71 Å². The second-order valence-corrected chi connectivity index (χ2v) is 13.5. The number of aromatic nitrogens is 1. The Labute approximate surface area is 274 Å². The van der Waals surface area contributed by atoms with Gasteiger partial charge in [-0.25, -0.2) is 0 Å². The second-order valence-electron chi connectivity index (χ2n) is 12.4. The second kappa shape index (κ2) is 9.38. The Morgan fingerprint density at radius 2 is 1.13 bits per heavy atom. The largest absolute Gasteiger partial charge is 0.458 e. The van der Waals surface area contributed by atoms with Crippen LogP contribution in [0.2, 0.25) is 0 Å². The maximum Gasteiger partial charge on any atom is 0.260 e. The molecule has 5 heteroatoms. The van der Waals surface area contributed by atoms with Crippen LogP contribution in [-0.2, 0) is 0 Å². The van der Waals surface area contributed by atoms with Crippen LogP contribution in [-0.4, -0.2) is 11.3 Å². The Kier molecular flexibility index (Phi) is 5.07.